The van der Waals surface area contributed by atoms with Gasteiger partial charge in [-0.3, -0.25) is 0 Å². The predicted octanol–water partition coefficient (Wildman–Crippen LogP) is 0.929. The average molecular weight is 250 g/mol. The molecular weight excluding hydrogens is 232 g/mol. The summed E-state index contributed by atoms with van der Waals surface area (Å²) in [6.45, 7) is 2.73. The molecule has 0 aliphatic heterocycles. The van der Waals surface area contributed by atoms with Gasteiger partial charge in [-0.2, -0.15) is 5.10 Å². The van der Waals surface area contributed by atoms with Crippen LogP contribution in [0.15, 0.2) is 24.5 Å². The molecule has 0 bridgehead atoms. The highest BCUT2D eigenvalue weighted by molar-refractivity contribution is 5.45. The third-order valence-electron chi connectivity index (χ3n) is 2.75. The summed E-state index contributed by atoms with van der Waals surface area (Å²) in [6, 6.07) is 3.65. The summed E-state index contributed by atoms with van der Waals surface area (Å²) < 4.78 is 6.65. The highest BCUT2D eigenvalue weighted by Crippen LogP contribution is 2.12. The van der Waals surface area contributed by atoms with Gasteiger partial charge >= 0.3 is 0 Å². The number of aromatic nitrogens is 3. The number of methoxy groups -OCH3 is 1. The van der Waals surface area contributed by atoms with Crippen LogP contribution in [0.4, 0.5) is 5.82 Å². The number of nitrogens with zero attached hydrogens (tertiary/aromatic N) is 3. The zero-order chi connectivity index (χ0) is 13.0. The SMILES string of the molecule is COCCC(C)(O)CNc1ccn2nccc2n1. The minimum absolute atomic E-state index is 0.424. The first-order valence-corrected chi connectivity index (χ1v) is 5.86. The lowest BCUT2D eigenvalue weighted by Gasteiger charge is -2.23. The lowest BCUT2D eigenvalue weighted by Crippen LogP contribution is -2.34. The highest BCUT2D eigenvalue weighted by Gasteiger charge is 2.19. The molecule has 0 saturated carbocycles. The van der Waals surface area contributed by atoms with Crippen molar-refractivity contribution in [3.63, 3.8) is 0 Å². The first-order valence-electron chi connectivity index (χ1n) is 5.86. The van der Waals surface area contributed by atoms with Gasteiger partial charge in [0.05, 0.1) is 11.8 Å². The van der Waals surface area contributed by atoms with Crippen LogP contribution in [-0.4, -0.2) is 45.6 Å². The Morgan fingerprint density at radius 1 is 1.50 bits per heavy atom. The Labute approximate surface area is 106 Å². The molecule has 1 unspecified atom stereocenters. The molecule has 0 amide bonds. The molecule has 2 N–H and O–H groups in total. The van der Waals surface area contributed by atoms with Gasteiger partial charge in [-0.05, 0) is 13.0 Å². The lowest BCUT2D eigenvalue weighted by atomic mass is 10.0. The van der Waals surface area contributed by atoms with E-state index in [2.05, 4.69) is 15.4 Å². The van der Waals surface area contributed by atoms with Gasteiger partial charge in [-0.25, -0.2) is 9.50 Å². The van der Waals surface area contributed by atoms with E-state index in [1.54, 1.807) is 24.7 Å². The van der Waals surface area contributed by atoms with Crippen molar-refractivity contribution in [2.75, 3.05) is 25.6 Å². The standard InChI is InChI=1S/C12H18N4O2/c1-12(17,5-8-18-2)9-13-10-4-7-16-11(15-10)3-6-14-16/h3-4,6-7,17H,5,8-9H2,1-2H3,(H,13,15). The normalized spacial score (nSPS) is 14.6. The molecule has 0 fully saturated rings. The van der Waals surface area contributed by atoms with Crippen molar-refractivity contribution in [3.8, 4) is 0 Å². The predicted molar refractivity (Wildman–Crippen MR) is 68.6 cm³/mol. The number of hydrogen-bond acceptors (Lipinski definition) is 5. The number of nitrogens with one attached hydrogen (secondary N) is 1. The molecule has 0 aromatic carbocycles. The lowest BCUT2D eigenvalue weighted by molar-refractivity contribution is 0.0357. The van der Waals surface area contributed by atoms with Gasteiger partial charge in [0.1, 0.15) is 5.82 Å². The number of aliphatic hydroxyl groups is 1. The summed E-state index contributed by atoms with van der Waals surface area (Å²) in [6.07, 6.45) is 4.10. The molecule has 0 aliphatic rings. The van der Waals surface area contributed by atoms with Crippen molar-refractivity contribution < 1.29 is 9.84 Å². The van der Waals surface area contributed by atoms with E-state index in [9.17, 15) is 5.11 Å². The zero-order valence-corrected chi connectivity index (χ0v) is 10.6. The van der Waals surface area contributed by atoms with E-state index < -0.39 is 5.60 Å². The number of rotatable bonds is 6. The molecule has 6 heteroatoms. The van der Waals surface area contributed by atoms with E-state index in [0.29, 0.717) is 19.6 Å². The smallest absolute Gasteiger partial charge is 0.157 e. The van der Waals surface area contributed by atoms with E-state index in [1.807, 2.05) is 18.3 Å². The largest absolute Gasteiger partial charge is 0.388 e. The molecule has 0 radical (unpaired) electrons. The molecule has 2 aromatic rings. The monoisotopic (exact) mass is 250 g/mol. The summed E-state index contributed by atoms with van der Waals surface area (Å²) in [4.78, 5) is 4.37. The Morgan fingerprint density at radius 2 is 2.33 bits per heavy atom. The topological polar surface area (TPSA) is 71.7 Å². The zero-order valence-electron chi connectivity index (χ0n) is 10.6. The van der Waals surface area contributed by atoms with Crippen LogP contribution in [0.5, 0.6) is 0 Å². The Kier molecular flexibility index (Phi) is 3.78. The molecule has 0 spiro atoms. The summed E-state index contributed by atoms with van der Waals surface area (Å²) in [5.41, 5.74) is -0.0408. The second-order valence-electron chi connectivity index (χ2n) is 4.54. The van der Waals surface area contributed by atoms with Crippen LogP contribution in [0.1, 0.15) is 13.3 Å². The first-order chi connectivity index (χ1) is 8.61. The molecule has 2 aromatic heterocycles. The summed E-state index contributed by atoms with van der Waals surface area (Å²) in [5, 5.41) is 17.3. The fraction of sp³-hybridized carbons (Fsp3) is 0.500. The quantitative estimate of drug-likeness (QED) is 0.798. The van der Waals surface area contributed by atoms with Gasteiger partial charge < -0.3 is 15.2 Å². The summed E-state index contributed by atoms with van der Waals surface area (Å²) in [5.74, 6) is 0.723. The highest BCUT2D eigenvalue weighted by atomic mass is 16.5. The molecule has 98 valence electrons. The average Bonchev–Trinajstić information content (AvgIpc) is 2.81. The molecule has 2 heterocycles. The molecule has 18 heavy (non-hydrogen) atoms. The van der Waals surface area contributed by atoms with Crippen molar-refractivity contribution in [1.29, 1.82) is 0 Å². The van der Waals surface area contributed by atoms with Crippen LogP contribution in [0.25, 0.3) is 5.65 Å². The molecule has 6 nitrogen and oxygen atoms in total. The Balaban J connectivity index is 1.96. The molecule has 2 rings (SSSR count). The van der Waals surface area contributed by atoms with Crippen molar-refractivity contribution in [2.45, 2.75) is 18.9 Å². The van der Waals surface area contributed by atoms with Gasteiger partial charge in [-0.1, -0.05) is 0 Å². The Hall–Kier alpha value is -1.66. The number of anilines is 1. The second-order valence-corrected chi connectivity index (χ2v) is 4.54. The van der Waals surface area contributed by atoms with Gasteiger partial charge in [0, 0.05) is 38.9 Å². The van der Waals surface area contributed by atoms with Crippen LogP contribution in [0, 0.1) is 0 Å². The minimum Gasteiger partial charge on any atom is -0.388 e. The van der Waals surface area contributed by atoms with Crippen LogP contribution >= 0.6 is 0 Å². The number of ether oxygens (including phenoxy) is 1. The Morgan fingerprint density at radius 3 is 3.11 bits per heavy atom. The van der Waals surface area contributed by atoms with Crippen LogP contribution in [-0.2, 0) is 4.74 Å². The molecular formula is C12H18N4O2. The molecule has 0 aliphatic carbocycles. The van der Waals surface area contributed by atoms with E-state index in [-0.39, 0.29) is 0 Å². The molecule has 0 saturated heterocycles. The van der Waals surface area contributed by atoms with Gasteiger partial charge in [0.2, 0.25) is 0 Å². The fourth-order valence-corrected chi connectivity index (χ4v) is 1.60. The summed E-state index contributed by atoms with van der Waals surface area (Å²) >= 11 is 0. The van der Waals surface area contributed by atoms with Gasteiger partial charge in [-0.15, -0.1) is 0 Å². The number of hydrogen-bond donors (Lipinski definition) is 2. The van der Waals surface area contributed by atoms with Gasteiger partial charge in [0.25, 0.3) is 0 Å². The van der Waals surface area contributed by atoms with Crippen molar-refractivity contribution >= 4 is 11.5 Å². The van der Waals surface area contributed by atoms with Crippen molar-refractivity contribution in [1.82, 2.24) is 14.6 Å². The first kappa shape index (κ1) is 12.8. The fourth-order valence-electron chi connectivity index (χ4n) is 1.60. The van der Waals surface area contributed by atoms with Crippen LogP contribution in [0.3, 0.4) is 0 Å². The van der Waals surface area contributed by atoms with Gasteiger partial charge in [0.15, 0.2) is 5.65 Å². The third-order valence-corrected chi connectivity index (χ3v) is 2.75. The summed E-state index contributed by atoms with van der Waals surface area (Å²) in [7, 11) is 1.62. The maximum absolute atomic E-state index is 10.1. The van der Waals surface area contributed by atoms with Crippen LogP contribution < -0.4 is 5.32 Å². The third kappa shape index (κ3) is 3.18. The second kappa shape index (κ2) is 5.32. The minimum atomic E-state index is -0.815. The maximum atomic E-state index is 10.1. The Bertz CT molecular complexity index is 510. The van der Waals surface area contributed by atoms with E-state index in [1.165, 1.54) is 0 Å². The van der Waals surface area contributed by atoms with E-state index in [0.717, 1.165) is 11.5 Å². The van der Waals surface area contributed by atoms with Crippen molar-refractivity contribution in [3.05, 3.63) is 24.5 Å². The van der Waals surface area contributed by atoms with E-state index >= 15 is 0 Å². The molecule has 1 atom stereocenters. The van der Waals surface area contributed by atoms with Crippen LogP contribution in [0.2, 0.25) is 0 Å². The van der Waals surface area contributed by atoms with Crippen molar-refractivity contribution in [2.24, 2.45) is 0 Å². The number of fused-ring (bicyclic) bond motifs is 1. The van der Waals surface area contributed by atoms with E-state index in [4.69, 9.17) is 4.74 Å². The maximum Gasteiger partial charge on any atom is 0.157 e.